The van der Waals surface area contributed by atoms with Crippen molar-refractivity contribution < 1.29 is 4.42 Å². The van der Waals surface area contributed by atoms with E-state index in [1.54, 1.807) is 0 Å². The molecule has 6 heteroatoms. The van der Waals surface area contributed by atoms with E-state index < -0.39 is 6.17 Å². The molecule has 0 amide bonds. The molecule has 3 aliphatic carbocycles. The van der Waals surface area contributed by atoms with Crippen LogP contribution in [0.1, 0.15) is 53.4 Å². The Balaban J connectivity index is 1.08. The van der Waals surface area contributed by atoms with Crippen LogP contribution >= 0.6 is 0 Å². The average Bonchev–Trinajstić information content (AvgIpc) is 3.98. The third-order valence-corrected chi connectivity index (χ3v) is 14.1. The average molecular weight is 878 g/mol. The molecule has 4 heterocycles. The molecule has 1 N–H and O–H groups in total. The zero-order valence-corrected chi connectivity index (χ0v) is 37.5. The van der Waals surface area contributed by atoms with Gasteiger partial charge in [-0.2, -0.15) is 0 Å². The summed E-state index contributed by atoms with van der Waals surface area (Å²) in [4.78, 5) is 19.2. The first-order valence-electron chi connectivity index (χ1n) is 23.8. The monoisotopic (exact) mass is 877 g/mol. The van der Waals surface area contributed by atoms with E-state index in [0.29, 0.717) is 5.84 Å². The predicted octanol–water partition coefficient (Wildman–Crippen LogP) is 14.3. The van der Waals surface area contributed by atoms with Crippen molar-refractivity contribution in [2.24, 2.45) is 15.9 Å². The molecule has 6 nitrogen and oxygen atoms in total. The van der Waals surface area contributed by atoms with E-state index in [0.717, 1.165) is 110 Å². The standard InChI is InChI=1S/C62H47N5O/c1-6-20-40(21-7-1)46-31-18-32-47(41-22-8-2-9-23-41)55(46)44-38-50(62-65-60(42-24-10-3-11-25-42)64-61(66-62)43-26-12-4-13-27-43)59(63-39-44)49-33-19-35-53-57(49)58-54(68-53)37-36-52-56(58)48-30-16-17-34-51(48)67(52)45-28-14-5-15-29-45/h1-28,31-35,38-39,45,48,60H,29-30,36-37H2,(H,64,65,66). The van der Waals surface area contributed by atoms with Crippen LogP contribution in [0.15, 0.2) is 238 Å². The highest BCUT2D eigenvalue weighted by Crippen LogP contribution is 2.55. The van der Waals surface area contributed by atoms with Gasteiger partial charge in [-0.3, -0.25) is 4.98 Å². The van der Waals surface area contributed by atoms with E-state index in [-0.39, 0.29) is 12.0 Å². The van der Waals surface area contributed by atoms with Crippen LogP contribution in [0.3, 0.4) is 0 Å². The van der Waals surface area contributed by atoms with Crippen molar-refractivity contribution in [3.05, 3.63) is 252 Å². The van der Waals surface area contributed by atoms with Crippen molar-refractivity contribution >= 4 is 28.2 Å². The number of furan rings is 1. The lowest BCUT2D eigenvalue weighted by Crippen LogP contribution is -2.33. The van der Waals surface area contributed by atoms with Crippen LogP contribution in [0.4, 0.5) is 0 Å². The Bertz CT molecular complexity index is 3430. The molecule has 0 bridgehead atoms. The molecule has 13 rings (SSSR count). The first-order chi connectivity index (χ1) is 33.7. The van der Waals surface area contributed by atoms with Crippen molar-refractivity contribution in [2.45, 2.75) is 37.9 Å². The second-order valence-corrected chi connectivity index (χ2v) is 18.1. The maximum Gasteiger partial charge on any atom is 0.161 e. The fourth-order valence-electron chi connectivity index (χ4n) is 11.1. The summed E-state index contributed by atoms with van der Waals surface area (Å²) in [6, 6.07) is 57.8. The number of pyridine rings is 1. The van der Waals surface area contributed by atoms with Crippen molar-refractivity contribution in [3.63, 3.8) is 0 Å². The van der Waals surface area contributed by atoms with Crippen LogP contribution in [-0.2, 0) is 6.42 Å². The summed E-state index contributed by atoms with van der Waals surface area (Å²) >= 11 is 0. The number of aromatic nitrogens is 1. The molecule has 68 heavy (non-hydrogen) atoms. The van der Waals surface area contributed by atoms with E-state index in [9.17, 15) is 0 Å². The Kier molecular flexibility index (Phi) is 9.89. The van der Waals surface area contributed by atoms with Gasteiger partial charge in [-0.1, -0.05) is 188 Å². The number of amidine groups is 2. The summed E-state index contributed by atoms with van der Waals surface area (Å²) in [5.74, 6) is 2.66. The van der Waals surface area contributed by atoms with E-state index in [1.807, 2.05) is 12.1 Å². The third kappa shape index (κ3) is 6.82. The van der Waals surface area contributed by atoms with Gasteiger partial charge < -0.3 is 14.6 Å². The van der Waals surface area contributed by atoms with Gasteiger partial charge >= 0.3 is 0 Å². The third-order valence-electron chi connectivity index (χ3n) is 14.1. The molecular weight excluding hydrogens is 831 g/mol. The van der Waals surface area contributed by atoms with Gasteiger partial charge in [-0.25, -0.2) is 9.98 Å². The van der Waals surface area contributed by atoms with Crippen LogP contribution < -0.4 is 5.32 Å². The quantitative estimate of drug-likeness (QED) is 0.165. The molecule has 3 atom stereocenters. The number of benzene rings is 6. The molecule has 0 fully saturated rings. The molecular formula is C62H47N5O. The van der Waals surface area contributed by atoms with Crippen molar-refractivity contribution in [1.29, 1.82) is 0 Å². The summed E-state index contributed by atoms with van der Waals surface area (Å²) in [5.41, 5.74) is 17.6. The molecule has 5 aliphatic rings. The largest absolute Gasteiger partial charge is 0.460 e. The maximum atomic E-state index is 6.97. The lowest BCUT2D eigenvalue weighted by Gasteiger charge is -2.34. The predicted molar refractivity (Wildman–Crippen MR) is 277 cm³/mol. The maximum absolute atomic E-state index is 6.97. The Labute approximate surface area is 396 Å². The Morgan fingerprint density at radius 3 is 1.99 bits per heavy atom. The van der Waals surface area contributed by atoms with Gasteiger partial charge in [-0.05, 0) is 76.4 Å². The van der Waals surface area contributed by atoms with Gasteiger partial charge in [0, 0.05) is 63.1 Å². The van der Waals surface area contributed by atoms with Crippen LogP contribution in [0.25, 0.3) is 61.2 Å². The highest BCUT2D eigenvalue weighted by atomic mass is 16.3. The summed E-state index contributed by atoms with van der Waals surface area (Å²) in [5, 5.41) is 4.80. The minimum absolute atomic E-state index is 0.237. The number of fused-ring (bicyclic) bond motifs is 6. The number of aryl methyl sites for hydroxylation is 1. The number of hydrogen-bond acceptors (Lipinski definition) is 6. The van der Waals surface area contributed by atoms with Crippen LogP contribution in [0, 0.1) is 5.92 Å². The number of nitrogens with zero attached hydrogens (tertiary/aromatic N) is 4. The van der Waals surface area contributed by atoms with E-state index >= 15 is 0 Å². The molecule has 8 aromatic rings. The minimum atomic E-state index is -0.394. The molecule has 3 unspecified atom stereocenters. The summed E-state index contributed by atoms with van der Waals surface area (Å²) in [7, 11) is 0. The highest BCUT2D eigenvalue weighted by Gasteiger charge is 2.44. The summed E-state index contributed by atoms with van der Waals surface area (Å²) in [6.45, 7) is 0. The number of rotatable bonds is 8. The van der Waals surface area contributed by atoms with E-state index in [4.69, 9.17) is 19.4 Å². The second kappa shape index (κ2) is 16.8. The molecule has 0 radical (unpaired) electrons. The lowest BCUT2D eigenvalue weighted by atomic mass is 9.81. The number of allylic oxidation sites excluding steroid dienone is 7. The zero-order valence-electron chi connectivity index (χ0n) is 37.5. The Morgan fingerprint density at radius 2 is 1.26 bits per heavy atom. The van der Waals surface area contributed by atoms with Crippen molar-refractivity contribution in [1.82, 2.24) is 15.2 Å². The van der Waals surface area contributed by atoms with Gasteiger partial charge in [0.15, 0.2) is 5.84 Å². The van der Waals surface area contributed by atoms with Crippen LogP contribution in [-0.4, -0.2) is 27.6 Å². The van der Waals surface area contributed by atoms with Crippen LogP contribution in [0.2, 0.25) is 0 Å². The van der Waals surface area contributed by atoms with Crippen molar-refractivity contribution in [2.75, 3.05) is 0 Å². The topological polar surface area (TPSA) is 66.0 Å². The number of aliphatic imine (C=N–C) groups is 2. The summed E-state index contributed by atoms with van der Waals surface area (Å²) < 4.78 is 6.97. The molecule has 0 saturated carbocycles. The molecule has 0 saturated heterocycles. The van der Waals surface area contributed by atoms with E-state index in [2.05, 4.69) is 211 Å². The fourth-order valence-corrected chi connectivity index (χ4v) is 11.1. The highest BCUT2D eigenvalue weighted by molar-refractivity contribution is 6.17. The SMILES string of the molecule is C1=CCC2C(=C1)N(C1C=CC=CC1)C1=C2c2c(oc3cccc(-c4ncc(-c5c(-c6ccccc6)cccc5-c5ccccc5)cc4C4=NC(c5ccccc5)NC(c5ccccc5)=N4)c23)CC1. The fraction of sp³-hybridized carbons (Fsp3) is 0.113. The molecule has 2 aliphatic heterocycles. The first-order valence-corrected chi connectivity index (χ1v) is 23.8. The normalized spacial score (nSPS) is 19.2. The molecule has 0 spiro atoms. The van der Waals surface area contributed by atoms with Crippen LogP contribution in [0.5, 0.6) is 0 Å². The van der Waals surface area contributed by atoms with Crippen molar-refractivity contribution in [3.8, 4) is 44.6 Å². The lowest BCUT2D eigenvalue weighted by molar-refractivity contribution is 0.345. The summed E-state index contributed by atoms with van der Waals surface area (Å²) in [6.07, 6.45) is 21.3. The molecule has 2 aromatic heterocycles. The van der Waals surface area contributed by atoms with Gasteiger partial charge in [0.25, 0.3) is 0 Å². The minimum Gasteiger partial charge on any atom is -0.460 e. The first kappa shape index (κ1) is 40.0. The smallest absolute Gasteiger partial charge is 0.161 e. The zero-order chi connectivity index (χ0) is 45.0. The molecule has 6 aromatic carbocycles. The Hall–Kier alpha value is -8.35. The van der Waals surface area contributed by atoms with Gasteiger partial charge in [0.2, 0.25) is 0 Å². The van der Waals surface area contributed by atoms with Gasteiger partial charge in [0.1, 0.15) is 23.3 Å². The number of hydrogen-bond donors (Lipinski definition) is 1. The van der Waals surface area contributed by atoms with E-state index in [1.165, 1.54) is 22.5 Å². The number of nitrogens with one attached hydrogen (secondary N) is 1. The van der Waals surface area contributed by atoms with Gasteiger partial charge in [0.05, 0.1) is 11.7 Å². The second-order valence-electron chi connectivity index (χ2n) is 18.1. The Morgan fingerprint density at radius 1 is 0.588 bits per heavy atom. The molecule has 326 valence electrons. The van der Waals surface area contributed by atoms with Gasteiger partial charge in [-0.15, -0.1) is 0 Å².